The van der Waals surface area contributed by atoms with Gasteiger partial charge < -0.3 is 44.5 Å². The topological polar surface area (TPSA) is 172 Å². The Labute approximate surface area is 207 Å². The van der Waals surface area contributed by atoms with Crippen LogP contribution in [0.25, 0.3) is 6.08 Å². The van der Waals surface area contributed by atoms with E-state index in [2.05, 4.69) is 0 Å². The number of hydrogen-bond donors (Lipinski definition) is 5. The van der Waals surface area contributed by atoms with E-state index in [9.17, 15) is 35.1 Å². The van der Waals surface area contributed by atoms with Crippen LogP contribution in [0.15, 0.2) is 47.6 Å². The van der Waals surface area contributed by atoms with Crippen molar-refractivity contribution in [3.05, 3.63) is 53.1 Å². The Morgan fingerprint density at radius 3 is 2.56 bits per heavy atom. The lowest BCUT2D eigenvalue weighted by atomic mass is 9.99. The zero-order chi connectivity index (χ0) is 26.4. The van der Waals surface area contributed by atoms with Crippen molar-refractivity contribution in [3.63, 3.8) is 0 Å². The number of phenolic OH excluding ortho intramolecular Hbond substituents is 2. The van der Waals surface area contributed by atoms with Crippen LogP contribution in [0.3, 0.4) is 0 Å². The summed E-state index contributed by atoms with van der Waals surface area (Å²) >= 11 is 0. The third kappa shape index (κ3) is 7.15. The van der Waals surface area contributed by atoms with Crippen LogP contribution in [0.4, 0.5) is 0 Å². The molecule has 5 N–H and O–H groups in total. The van der Waals surface area contributed by atoms with E-state index in [-0.39, 0.29) is 24.2 Å². The second kappa shape index (κ2) is 12.2. The van der Waals surface area contributed by atoms with Crippen LogP contribution in [-0.2, 0) is 28.5 Å². The van der Waals surface area contributed by atoms with Gasteiger partial charge in [0.25, 0.3) is 0 Å². The van der Waals surface area contributed by atoms with E-state index in [0.717, 1.165) is 11.6 Å². The van der Waals surface area contributed by atoms with Crippen LogP contribution in [-0.4, -0.2) is 87.5 Å². The highest BCUT2D eigenvalue weighted by Crippen LogP contribution is 2.26. The lowest BCUT2D eigenvalue weighted by Crippen LogP contribution is -2.59. The van der Waals surface area contributed by atoms with Crippen LogP contribution >= 0.6 is 0 Å². The molecule has 0 unspecified atom stereocenters. The number of hydrogen-bond acceptors (Lipinski definition) is 11. The lowest BCUT2D eigenvalue weighted by molar-refractivity contribution is -0.299. The van der Waals surface area contributed by atoms with Crippen molar-refractivity contribution in [2.75, 3.05) is 13.2 Å². The summed E-state index contributed by atoms with van der Waals surface area (Å²) in [5, 5.41) is 49.4. The molecule has 6 atom stereocenters. The highest BCUT2D eigenvalue weighted by Gasteiger charge is 2.44. The molecule has 2 saturated heterocycles. The third-order valence-electron chi connectivity index (χ3n) is 5.52. The number of phenols is 2. The predicted molar refractivity (Wildman–Crippen MR) is 124 cm³/mol. The minimum atomic E-state index is -1.63. The Hall–Kier alpha value is -3.22. The summed E-state index contributed by atoms with van der Waals surface area (Å²) in [5.41, 5.74) is 1.84. The van der Waals surface area contributed by atoms with Crippen molar-refractivity contribution in [3.8, 4) is 11.5 Å². The summed E-state index contributed by atoms with van der Waals surface area (Å²) in [6, 6.07) is 3.97. The van der Waals surface area contributed by atoms with Gasteiger partial charge in [-0.15, -0.1) is 0 Å². The van der Waals surface area contributed by atoms with Gasteiger partial charge in [-0.1, -0.05) is 11.6 Å². The van der Waals surface area contributed by atoms with E-state index in [4.69, 9.17) is 18.9 Å². The first-order chi connectivity index (χ1) is 17.0. The first-order valence-electron chi connectivity index (χ1n) is 11.3. The molecule has 1 aromatic rings. The second-order valence-corrected chi connectivity index (χ2v) is 8.68. The number of ether oxygens (including phenoxy) is 4. The van der Waals surface area contributed by atoms with Gasteiger partial charge in [-0.2, -0.15) is 0 Å². The van der Waals surface area contributed by atoms with Crippen LogP contribution < -0.4 is 0 Å². The molecule has 36 heavy (non-hydrogen) atoms. The first-order valence-corrected chi connectivity index (χ1v) is 11.3. The number of carbonyl (C=O) groups is 2. The quantitative estimate of drug-likeness (QED) is 0.145. The zero-order valence-electron chi connectivity index (χ0n) is 19.8. The van der Waals surface area contributed by atoms with E-state index in [0.29, 0.717) is 17.6 Å². The summed E-state index contributed by atoms with van der Waals surface area (Å²) in [7, 11) is 0. The summed E-state index contributed by atoms with van der Waals surface area (Å²) in [6.45, 7) is 3.20. The number of aliphatic hydroxyl groups excluding tert-OH is 3. The first kappa shape index (κ1) is 27.4. The number of aliphatic hydroxyl groups is 3. The van der Waals surface area contributed by atoms with Crippen molar-refractivity contribution in [1.29, 1.82) is 0 Å². The van der Waals surface area contributed by atoms with Crippen molar-refractivity contribution in [2.45, 2.75) is 57.1 Å². The standard InChI is InChI=1S/C25H30O11/c1-13(2)9-16-11-15(24(32)35-16)7-8-33-25-23(31)22(30)21(29)19(36-25)12-34-20(28)6-4-14-3-5-17(26)18(27)10-14/h3-7,9-10,16,19,21-23,25-27,29-31H,8,11-12H2,1-2H3/t16-,19+,21+,22-,23+,25+/m1/s1. The van der Waals surface area contributed by atoms with Gasteiger partial charge in [0.05, 0.1) is 6.61 Å². The van der Waals surface area contributed by atoms with Gasteiger partial charge in [0, 0.05) is 18.1 Å². The monoisotopic (exact) mass is 506 g/mol. The average Bonchev–Trinajstić information content (AvgIpc) is 3.16. The number of benzene rings is 1. The molecule has 11 heteroatoms. The van der Waals surface area contributed by atoms with E-state index in [1.165, 1.54) is 30.4 Å². The zero-order valence-corrected chi connectivity index (χ0v) is 19.8. The molecule has 0 aromatic heterocycles. The Morgan fingerprint density at radius 1 is 1.11 bits per heavy atom. The molecular weight excluding hydrogens is 476 g/mol. The minimum absolute atomic E-state index is 0.134. The number of esters is 2. The van der Waals surface area contributed by atoms with Crippen LogP contribution in [0.1, 0.15) is 25.8 Å². The molecule has 11 nitrogen and oxygen atoms in total. The van der Waals surface area contributed by atoms with Crippen molar-refractivity contribution < 1.29 is 54.1 Å². The largest absolute Gasteiger partial charge is 0.504 e. The van der Waals surface area contributed by atoms with Crippen LogP contribution in [0, 0.1) is 0 Å². The van der Waals surface area contributed by atoms with E-state index in [1.54, 1.807) is 0 Å². The summed E-state index contributed by atoms with van der Waals surface area (Å²) in [4.78, 5) is 24.0. The molecule has 2 fully saturated rings. The van der Waals surface area contributed by atoms with Gasteiger partial charge in [0.1, 0.15) is 37.1 Å². The van der Waals surface area contributed by atoms with Crippen LogP contribution in [0.2, 0.25) is 0 Å². The Bertz CT molecular complexity index is 1040. The molecule has 0 aliphatic carbocycles. The minimum Gasteiger partial charge on any atom is -0.504 e. The molecule has 0 amide bonds. The fourth-order valence-corrected chi connectivity index (χ4v) is 3.64. The smallest absolute Gasteiger partial charge is 0.334 e. The fraction of sp³-hybridized carbons (Fsp3) is 0.440. The predicted octanol–water partition coefficient (Wildman–Crippen LogP) is 0.686. The third-order valence-corrected chi connectivity index (χ3v) is 5.52. The molecule has 196 valence electrons. The highest BCUT2D eigenvalue weighted by molar-refractivity contribution is 5.91. The average molecular weight is 507 g/mol. The molecule has 0 spiro atoms. The van der Waals surface area contributed by atoms with Gasteiger partial charge >= 0.3 is 11.9 Å². The normalized spacial score (nSPS) is 29.4. The second-order valence-electron chi connectivity index (χ2n) is 8.68. The molecule has 2 aliphatic rings. The maximum atomic E-state index is 12.0. The number of allylic oxidation sites excluding steroid dienone is 1. The van der Waals surface area contributed by atoms with Gasteiger partial charge in [-0.3, -0.25) is 0 Å². The Kier molecular flexibility index (Phi) is 9.24. The van der Waals surface area contributed by atoms with Crippen molar-refractivity contribution >= 4 is 18.0 Å². The highest BCUT2D eigenvalue weighted by atomic mass is 16.7. The maximum absolute atomic E-state index is 12.0. The number of rotatable bonds is 8. The van der Waals surface area contributed by atoms with Crippen LogP contribution in [0.5, 0.6) is 11.5 Å². The summed E-state index contributed by atoms with van der Waals surface area (Å²) < 4.78 is 21.2. The van der Waals surface area contributed by atoms with Gasteiger partial charge in [-0.25, -0.2) is 9.59 Å². The van der Waals surface area contributed by atoms with E-state index >= 15 is 0 Å². The number of aromatic hydroxyl groups is 2. The summed E-state index contributed by atoms with van der Waals surface area (Å²) in [6.07, 6.45) is -1.57. The van der Waals surface area contributed by atoms with Gasteiger partial charge in [-0.05, 0) is 49.8 Å². The van der Waals surface area contributed by atoms with E-state index in [1.807, 2.05) is 19.9 Å². The maximum Gasteiger partial charge on any atom is 0.334 e. The van der Waals surface area contributed by atoms with Crippen molar-refractivity contribution in [2.24, 2.45) is 0 Å². The molecular formula is C25H30O11. The summed E-state index contributed by atoms with van der Waals surface area (Å²) in [5.74, 6) is -1.92. The van der Waals surface area contributed by atoms with Crippen molar-refractivity contribution in [1.82, 2.24) is 0 Å². The van der Waals surface area contributed by atoms with Gasteiger partial charge in [0.15, 0.2) is 17.8 Å². The Morgan fingerprint density at radius 2 is 1.86 bits per heavy atom. The molecule has 2 aliphatic heterocycles. The molecule has 0 radical (unpaired) electrons. The molecule has 0 saturated carbocycles. The molecule has 2 heterocycles. The Balaban J connectivity index is 1.53. The molecule has 0 bridgehead atoms. The number of cyclic esters (lactones) is 1. The molecule has 3 rings (SSSR count). The van der Waals surface area contributed by atoms with Gasteiger partial charge in [0.2, 0.25) is 0 Å². The number of carbonyl (C=O) groups excluding carboxylic acids is 2. The fourth-order valence-electron chi connectivity index (χ4n) is 3.64. The lowest BCUT2D eigenvalue weighted by Gasteiger charge is -2.39. The van der Waals surface area contributed by atoms with E-state index < -0.39 is 49.3 Å². The molecule has 1 aromatic carbocycles. The SMILES string of the molecule is CC(C)=C[C@@H]1CC(=CCO[C@H]2O[C@@H](COC(=O)C=Cc3ccc(O)c(O)c3)[C@H](O)[C@@H](O)[C@@H]2O)C(=O)O1.